The van der Waals surface area contributed by atoms with E-state index < -0.39 is 0 Å². The molecule has 2 aromatic rings. The highest BCUT2D eigenvalue weighted by atomic mass is 79.9. The van der Waals surface area contributed by atoms with Crippen LogP contribution in [0.1, 0.15) is 16.4 Å². The van der Waals surface area contributed by atoms with Gasteiger partial charge in [-0.2, -0.15) is 0 Å². The average molecular weight is 319 g/mol. The van der Waals surface area contributed by atoms with Crippen molar-refractivity contribution in [1.29, 1.82) is 0 Å². The normalized spacial score (nSPS) is 18.1. The van der Waals surface area contributed by atoms with Crippen LogP contribution >= 0.6 is 27.7 Å². The first-order chi connectivity index (χ1) is 8.74. The Balaban J connectivity index is 2.14. The van der Waals surface area contributed by atoms with Crippen LogP contribution in [0.2, 0.25) is 0 Å². The molecule has 4 heteroatoms. The van der Waals surface area contributed by atoms with Gasteiger partial charge >= 0.3 is 0 Å². The molecule has 1 aliphatic rings. The van der Waals surface area contributed by atoms with Crippen molar-refractivity contribution in [2.45, 2.75) is 5.25 Å². The zero-order chi connectivity index (χ0) is 12.5. The summed E-state index contributed by atoms with van der Waals surface area (Å²) < 4.78 is 1.07. The van der Waals surface area contributed by atoms with Crippen LogP contribution in [0.15, 0.2) is 58.0 Å². The van der Waals surface area contributed by atoms with Gasteiger partial charge in [0.2, 0.25) is 0 Å². The number of hydrogen-bond acceptors (Lipinski definition) is 3. The number of rotatable bonds is 1. The van der Waals surface area contributed by atoms with Gasteiger partial charge in [0.1, 0.15) is 0 Å². The lowest BCUT2D eigenvalue weighted by molar-refractivity contribution is 1.14. The van der Waals surface area contributed by atoms with Crippen molar-refractivity contribution in [3.63, 3.8) is 0 Å². The van der Waals surface area contributed by atoms with Crippen LogP contribution in [0.25, 0.3) is 0 Å². The number of thioether (sulfide) groups is 1. The topological polar surface area (TPSA) is 38.4 Å². The van der Waals surface area contributed by atoms with Crippen LogP contribution in [-0.2, 0) is 0 Å². The van der Waals surface area contributed by atoms with Crippen molar-refractivity contribution < 1.29 is 0 Å². The number of benzene rings is 2. The van der Waals surface area contributed by atoms with E-state index in [0.29, 0.717) is 5.17 Å². The SMILES string of the molecule is NC1=Nc2ccc(Br)cc2C(c2ccccc2)S1. The van der Waals surface area contributed by atoms with Crippen LogP contribution in [0.5, 0.6) is 0 Å². The number of hydrogen-bond donors (Lipinski definition) is 1. The van der Waals surface area contributed by atoms with Crippen LogP contribution in [-0.4, -0.2) is 5.17 Å². The van der Waals surface area contributed by atoms with Crippen molar-refractivity contribution in [2.75, 3.05) is 0 Å². The maximum absolute atomic E-state index is 5.92. The standard InChI is InChI=1S/C14H11BrN2S/c15-10-6-7-12-11(8-10)13(18-14(16)17-12)9-4-2-1-3-5-9/h1-8,13H,(H2,16,17). The van der Waals surface area contributed by atoms with Crippen LogP contribution in [0.3, 0.4) is 0 Å². The Morgan fingerprint density at radius 2 is 1.89 bits per heavy atom. The molecule has 3 rings (SSSR count). The molecule has 0 bridgehead atoms. The number of nitrogens with two attached hydrogens (primary N) is 1. The Kier molecular flexibility index (Phi) is 3.14. The van der Waals surface area contributed by atoms with E-state index in [0.717, 1.165) is 10.2 Å². The monoisotopic (exact) mass is 318 g/mol. The molecule has 0 amide bonds. The summed E-state index contributed by atoms with van der Waals surface area (Å²) in [6.07, 6.45) is 0. The molecule has 0 fully saturated rings. The Morgan fingerprint density at radius 1 is 1.11 bits per heavy atom. The molecule has 1 aliphatic heterocycles. The Hall–Kier alpha value is -1.26. The highest BCUT2D eigenvalue weighted by molar-refractivity contribution is 9.10. The van der Waals surface area contributed by atoms with E-state index >= 15 is 0 Å². The lowest BCUT2D eigenvalue weighted by Gasteiger charge is -2.23. The maximum Gasteiger partial charge on any atom is 0.160 e. The second-order valence-electron chi connectivity index (χ2n) is 4.06. The fraction of sp³-hybridized carbons (Fsp3) is 0.0714. The Labute approximate surface area is 118 Å². The predicted octanol–water partition coefficient (Wildman–Crippen LogP) is 4.23. The minimum atomic E-state index is 0.219. The molecular weight excluding hydrogens is 308 g/mol. The molecule has 0 aliphatic carbocycles. The van der Waals surface area contributed by atoms with Crippen molar-refractivity contribution >= 4 is 38.5 Å². The molecule has 2 nitrogen and oxygen atoms in total. The van der Waals surface area contributed by atoms with Gasteiger partial charge in [0.15, 0.2) is 5.17 Å². The summed E-state index contributed by atoms with van der Waals surface area (Å²) >= 11 is 5.11. The van der Waals surface area contributed by atoms with Gasteiger partial charge < -0.3 is 5.73 Å². The van der Waals surface area contributed by atoms with Gasteiger partial charge in [-0.1, -0.05) is 58.0 Å². The predicted molar refractivity (Wildman–Crippen MR) is 81.3 cm³/mol. The van der Waals surface area contributed by atoms with E-state index in [4.69, 9.17) is 5.73 Å². The molecular formula is C14H11BrN2S. The molecule has 0 saturated carbocycles. The number of halogens is 1. The smallest absolute Gasteiger partial charge is 0.160 e. The van der Waals surface area contributed by atoms with Crippen LogP contribution in [0, 0.1) is 0 Å². The van der Waals surface area contributed by atoms with Gasteiger partial charge in [-0.15, -0.1) is 0 Å². The lowest BCUT2D eigenvalue weighted by atomic mass is 10.0. The van der Waals surface area contributed by atoms with E-state index in [1.165, 1.54) is 11.1 Å². The van der Waals surface area contributed by atoms with Crippen molar-refractivity contribution in [3.05, 3.63) is 64.1 Å². The van der Waals surface area contributed by atoms with Gasteiger partial charge in [-0.3, -0.25) is 0 Å². The summed E-state index contributed by atoms with van der Waals surface area (Å²) in [5.41, 5.74) is 9.33. The molecule has 1 atom stereocenters. The van der Waals surface area contributed by atoms with E-state index in [9.17, 15) is 0 Å². The quantitative estimate of drug-likeness (QED) is 0.854. The zero-order valence-corrected chi connectivity index (χ0v) is 11.9. The summed E-state index contributed by atoms with van der Waals surface area (Å²) in [5.74, 6) is 0. The highest BCUT2D eigenvalue weighted by Gasteiger charge is 2.23. The highest BCUT2D eigenvalue weighted by Crippen LogP contribution is 2.44. The van der Waals surface area contributed by atoms with Gasteiger partial charge in [0, 0.05) is 4.47 Å². The largest absolute Gasteiger partial charge is 0.378 e. The second-order valence-corrected chi connectivity index (χ2v) is 6.10. The zero-order valence-electron chi connectivity index (χ0n) is 9.51. The van der Waals surface area contributed by atoms with E-state index in [2.05, 4.69) is 51.3 Å². The van der Waals surface area contributed by atoms with Crippen LogP contribution in [0.4, 0.5) is 5.69 Å². The third-order valence-corrected chi connectivity index (χ3v) is 4.43. The van der Waals surface area contributed by atoms with Crippen molar-refractivity contribution in [1.82, 2.24) is 0 Å². The second kappa shape index (κ2) is 4.78. The van der Waals surface area contributed by atoms with E-state index in [1.807, 2.05) is 18.2 Å². The minimum absolute atomic E-state index is 0.219. The Bertz CT molecular complexity index is 610. The molecule has 0 saturated heterocycles. The summed E-state index contributed by atoms with van der Waals surface area (Å²) in [6.45, 7) is 0. The Morgan fingerprint density at radius 3 is 2.67 bits per heavy atom. The van der Waals surface area contributed by atoms with E-state index in [-0.39, 0.29) is 5.25 Å². The molecule has 2 aromatic carbocycles. The summed E-state index contributed by atoms with van der Waals surface area (Å²) in [6, 6.07) is 16.5. The summed E-state index contributed by atoms with van der Waals surface area (Å²) in [4.78, 5) is 4.40. The maximum atomic E-state index is 5.92. The van der Waals surface area contributed by atoms with Crippen molar-refractivity contribution in [2.24, 2.45) is 10.7 Å². The number of nitrogens with zero attached hydrogens (tertiary/aromatic N) is 1. The first-order valence-electron chi connectivity index (χ1n) is 5.59. The summed E-state index contributed by atoms with van der Waals surface area (Å²) in [7, 11) is 0. The number of fused-ring (bicyclic) bond motifs is 1. The molecule has 0 spiro atoms. The van der Waals surface area contributed by atoms with Crippen LogP contribution < -0.4 is 5.73 Å². The van der Waals surface area contributed by atoms with Gasteiger partial charge in [0.05, 0.1) is 10.9 Å². The molecule has 0 radical (unpaired) electrons. The van der Waals surface area contributed by atoms with Gasteiger partial charge in [-0.05, 0) is 29.3 Å². The third-order valence-electron chi connectivity index (χ3n) is 2.84. The van der Waals surface area contributed by atoms with Gasteiger partial charge in [0.25, 0.3) is 0 Å². The third kappa shape index (κ3) is 2.18. The minimum Gasteiger partial charge on any atom is -0.378 e. The molecule has 18 heavy (non-hydrogen) atoms. The van der Waals surface area contributed by atoms with Crippen molar-refractivity contribution in [3.8, 4) is 0 Å². The fourth-order valence-electron chi connectivity index (χ4n) is 2.04. The molecule has 90 valence electrons. The van der Waals surface area contributed by atoms with Gasteiger partial charge in [-0.25, -0.2) is 4.99 Å². The molecule has 1 heterocycles. The first kappa shape index (κ1) is 11.8. The number of amidine groups is 1. The van der Waals surface area contributed by atoms with E-state index in [1.54, 1.807) is 11.8 Å². The molecule has 2 N–H and O–H groups in total. The number of aliphatic imine (C=N–C) groups is 1. The molecule has 1 unspecified atom stereocenters. The summed E-state index contributed by atoms with van der Waals surface area (Å²) in [5, 5.41) is 0.842. The fourth-order valence-corrected chi connectivity index (χ4v) is 3.42. The molecule has 0 aromatic heterocycles. The lowest BCUT2D eigenvalue weighted by Crippen LogP contribution is -2.14. The average Bonchev–Trinajstić information content (AvgIpc) is 2.39. The first-order valence-corrected chi connectivity index (χ1v) is 7.26.